The Bertz CT molecular complexity index is 876. The summed E-state index contributed by atoms with van der Waals surface area (Å²) in [5.74, 6) is -0.255. The van der Waals surface area contributed by atoms with Crippen LogP contribution in [-0.2, 0) is 12.8 Å². The molecule has 0 bridgehead atoms. The van der Waals surface area contributed by atoms with E-state index in [1.165, 1.54) is 36.1 Å². The molecule has 1 aliphatic rings. The summed E-state index contributed by atoms with van der Waals surface area (Å²) in [7, 11) is 0. The van der Waals surface area contributed by atoms with E-state index in [4.69, 9.17) is 12.2 Å². The first kappa shape index (κ1) is 11.9. The fourth-order valence-electron chi connectivity index (χ4n) is 3.04. The Morgan fingerprint density at radius 3 is 2.80 bits per heavy atom. The molecule has 1 aliphatic carbocycles. The number of aromatic amines is 1. The number of hydrogen-bond donors (Lipinski definition) is 1. The average molecular weight is 284 g/mol. The molecule has 4 rings (SSSR count). The third-order valence-electron chi connectivity index (χ3n) is 3.98. The number of halogens is 1. The van der Waals surface area contributed by atoms with Crippen molar-refractivity contribution in [3.8, 4) is 5.69 Å². The van der Waals surface area contributed by atoms with Crippen molar-refractivity contribution in [3.63, 3.8) is 0 Å². The highest BCUT2D eigenvalue weighted by atomic mass is 32.1. The van der Waals surface area contributed by atoms with Gasteiger partial charge in [0.05, 0.1) is 11.0 Å². The van der Waals surface area contributed by atoms with Crippen LogP contribution >= 0.6 is 12.2 Å². The Morgan fingerprint density at radius 2 is 1.90 bits per heavy atom. The molecule has 0 atom stereocenters. The number of benzene rings is 2. The van der Waals surface area contributed by atoms with Crippen molar-refractivity contribution in [2.75, 3.05) is 0 Å². The summed E-state index contributed by atoms with van der Waals surface area (Å²) < 4.78 is 15.9. The van der Waals surface area contributed by atoms with Crippen LogP contribution in [0, 0.1) is 10.6 Å². The van der Waals surface area contributed by atoms with Gasteiger partial charge in [0.1, 0.15) is 5.82 Å². The lowest BCUT2D eigenvalue weighted by atomic mass is 10.1. The van der Waals surface area contributed by atoms with E-state index in [1.54, 1.807) is 6.07 Å². The Labute approximate surface area is 120 Å². The molecule has 2 aromatic carbocycles. The zero-order valence-electron chi connectivity index (χ0n) is 10.8. The number of hydrogen-bond acceptors (Lipinski definition) is 1. The minimum Gasteiger partial charge on any atom is -0.330 e. The third-order valence-corrected chi connectivity index (χ3v) is 4.27. The third kappa shape index (κ3) is 1.72. The maximum Gasteiger partial charge on any atom is 0.182 e. The standard InChI is InChI=1S/C16H13FN2S/c17-12-5-7-15-14(9-12)18-16(20)19(15)13-6-4-10-2-1-3-11(10)8-13/h4-9H,1-3H2,(H,18,20). The highest BCUT2D eigenvalue weighted by Crippen LogP contribution is 2.27. The second-order valence-corrected chi connectivity index (χ2v) is 5.62. The molecule has 0 radical (unpaired) electrons. The number of nitrogens with zero attached hydrogens (tertiary/aromatic N) is 1. The Hall–Kier alpha value is -1.94. The molecule has 0 spiro atoms. The topological polar surface area (TPSA) is 20.7 Å². The Balaban J connectivity index is 1.98. The normalized spacial score (nSPS) is 13.8. The molecule has 0 aliphatic heterocycles. The summed E-state index contributed by atoms with van der Waals surface area (Å²) in [6.07, 6.45) is 3.52. The van der Waals surface area contributed by atoms with Crippen LogP contribution in [-0.4, -0.2) is 9.55 Å². The average Bonchev–Trinajstić information content (AvgIpc) is 3.00. The van der Waals surface area contributed by atoms with Gasteiger partial charge in [0.25, 0.3) is 0 Å². The van der Waals surface area contributed by atoms with Gasteiger partial charge in [0, 0.05) is 5.69 Å². The van der Waals surface area contributed by atoms with Crippen molar-refractivity contribution in [1.82, 2.24) is 9.55 Å². The van der Waals surface area contributed by atoms with Crippen molar-refractivity contribution in [2.45, 2.75) is 19.3 Å². The quantitative estimate of drug-likeness (QED) is 0.660. The number of rotatable bonds is 1. The zero-order chi connectivity index (χ0) is 13.7. The van der Waals surface area contributed by atoms with Gasteiger partial charge >= 0.3 is 0 Å². The van der Waals surface area contributed by atoms with Gasteiger partial charge in [-0.3, -0.25) is 4.57 Å². The lowest BCUT2D eigenvalue weighted by molar-refractivity contribution is 0.629. The zero-order valence-corrected chi connectivity index (χ0v) is 11.6. The van der Waals surface area contributed by atoms with Gasteiger partial charge in [-0.05, 0) is 72.9 Å². The molecule has 2 nitrogen and oxygen atoms in total. The number of imidazole rings is 1. The van der Waals surface area contributed by atoms with Gasteiger partial charge in [0.2, 0.25) is 0 Å². The fraction of sp³-hybridized carbons (Fsp3) is 0.188. The molecule has 1 heterocycles. The Morgan fingerprint density at radius 1 is 1.05 bits per heavy atom. The van der Waals surface area contributed by atoms with Gasteiger partial charge in [-0.15, -0.1) is 0 Å². The van der Waals surface area contributed by atoms with E-state index in [-0.39, 0.29) is 5.82 Å². The molecule has 4 heteroatoms. The van der Waals surface area contributed by atoms with E-state index >= 15 is 0 Å². The summed E-state index contributed by atoms with van der Waals surface area (Å²) in [5.41, 5.74) is 5.53. The first-order chi connectivity index (χ1) is 9.72. The summed E-state index contributed by atoms with van der Waals surface area (Å²) in [6, 6.07) is 11.2. The van der Waals surface area contributed by atoms with Crippen LogP contribution in [0.15, 0.2) is 36.4 Å². The Kier molecular flexibility index (Phi) is 2.54. The highest BCUT2D eigenvalue weighted by molar-refractivity contribution is 7.71. The van der Waals surface area contributed by atoms with E-state index in [2.05, 4.69) is 23.2 Å². The molecular formula is C16H13FN2S. The fourth-order valence-corrected chi connectivity index (χ4v) is 3.35. The van der Waals surface area contributed by atoms with Crippen LogP contribution in [0.5, 0.6) is 0 Å². The van der Waals surface area contributed by atoms with Crippen LogP contribution in [0.25, 0.3) is 16.7 Å². The number of aromatic nitrogens is 2. The number of aryl methyl sites for hydroxylation is 2. The van der Waals surface area contributed by atoms with Crippen molar-refractivity contribution >= 4 is 23.3 Å². The lowest BCUT2D eigenvalue weighted by Crippen LogP contribution is -1.95. The molecule has 0 amide bonds. The van der Waals surface area contributed by atoms with E-state index in [0.717, 1.165) is 23.1 Å². The molecule has 1 aromatic heterocycles. The van der Waals surface area contributed by atoms with Gasteiger partial charge < -0.3 is 4.98 Å². The van der Waals surface area contributed by atoms with Crippen LogP contribution in [0.2, 0.25) is 0 Å². The smallest absolute Gasteiger partial charge is 0.182 e. The summed E-state index contributed by atoms with van der Waals surface area (Å²) in [4.78, 5) is 3.07. The highest BCUT2D eigenvalue weighted by Gasteiger charge is 2.13. The molecule has 0 saturated carbocycles. The second-order valence-electron chi connectivity index (χ2n) is 5.23. The molecule has 1 N–H and O–H groups in total. The molecule has 0 saturated heterocycles. The number of nitrogens with one attached hydrogen (secondary N) is 1. The second kappa shape index (κ2) is 4.28. The van der Waals surface area contributed by atoms with E-state index < -0.39 is 0 Å². The van der Waals surface area contributed by atoms with Gasteiger partial charge in [0.15, 0.2) is 4.77 Å². The van der Waals surface area contributed by atoms with Crippen molar-refractivity contribution in [1.29, 1.82) is 0 Å². The van der Waals surface area contributed by atoms with Crippen LogP contribution in [0.3, 0.4) is 0 Å². The minimum absolute atomic E-state index is 0.255. The molecule has 0 fully saturated rings. The van der Waals surface area contributed by atoms with Crippen molar-refractivity contribution < 1.29 is 4.39 Å². The van der Waals surface area contributed by atoms with Gasteiger partial charge in [-0.1, -0.05) is 6.07 Å². The van der Waals surface area contributed by atoms with Gasteiger partial charge in [-0.25, -0.2) is 4.39 Å². The summed E-state index contributed by atoms with van der Waals surface area (Å²) in [6.45, 7) is 0. The predicted octanol–water partition coefficient (Wildman–Crippen LogP) is 4.32. The molecule has 3 aromatic rings. The van der Waals surface area contributed by atoms with E-state index in [9.17, 15) is 4.39 Å². The maximum atomic E-state index is 13.3. The molecule has 100 valence electrons. The monoisotopic (exact) mass is 284 g/mol. The first-order valence-electron chi connectivity index (χ1n) is 6.75. The van der Waals surface area contributed by atoms with E-state index in [0.29, 0.717) is 4.77 Å². The van der Waals surface area contributed by atoms with E-state index in [1.807, 2.05) is 4.57 Å². The SMILES string of the molecule is Fc1ccc2c(c1)[nH]c(=S)n2-c1ccc2c(c1)CCC2. The van der Waals surface area contributed by atoms with Crippen LogP contribution in [0.1, 0.15) is 17.5 Å². The first-order valence-corrected chi connectivity index (χ1v) is 7.16. The van der Waals surface area contributed by atoms with Crippen molar-refractivity contribution in [3.05, 3.63) is 58.1 Å². The predicted molar refractivity (Wildman–Crippen MR) is 80.4 cm³/mol. The number of fused-ring (bicyclic) bond motifs is 2. The molecular weight excluding hydrogens is 271 g/mol. The lowest BCUT2D eigenvalue weighted by Gasteiger charge is -2.07. The largest absolute Gasteiger partial charge is 0.330 e. The molecule has 20 heavy (non-hydrogen) atoms. The maximum absolute atomic E-state index is 13.3. The summed E-state index contributed by atoms with van der Waals surface area (Å²) in [5, 5.41) is 0. The summed E-state index contributed by atoms with van der Waals surface area (Å²) >= 11 is 5.39. The van der Waals surface area contributed by atoms with Crippen LogP contribution in [0.4, 0.5) is 4.39 Å². The van der Waals surface area contributed by atoms with Crippen LogP contribution < -0.4 is 0 Å². The van der Waals surface area contributed by atoms with Crippen molar-refractivity contribution in [2.24, 2.45) is 0 Å². The number of H-pyrrole nitrogens is 1. The van der Waals surface area contributed by atoms with Gasteiger partial charge in [-0.2, -0.15) is 0 Å². The minimum atomic E-state index is -0.255. The molecule has 0 unspecified atom stereocenters.